The van der Waals surface area contributed by atoms with Crippen LogP contribution in [0.25, 0.3) is 5.76 Å². The van der Waals surface area contributed by atoms with Crippen LogP contribution in [0.2, 0.25) is 0 Å². The lowest BCUT2D eigenvalue weighted by Gasteiger charge is -2.27. The summed E-state index contributed by atoms with van der Waals surface area (Å²) in [5.74, 6) is -1.63. The molecule has 1 heterocycles. The predicted octanol–water partition coefficient (Wildman–Crippen LogP) is 6.64. The van der Waals surface area contributed by atoms with Gasteiger partial charge in [0.1, 0.15) is 5.76 Å². The van der Waals surface area contributed by atoms with E-state index in [-0.39, 0.29) is 28.0 Å². The molecule has 0 aromatic heterocycles. The normalized spacial score (nSPS) is 17.5. The lowest BCUT2D eigenvalue weighted by atomic mass is 9.85. The molecule has 1 aliphatic heterocycles. The Labute approximate surface area is 216 Å². The van der Waals surface area contributed by atoms with E-state index in [9.17, 15) is 24.8 Å². The number of benzene rings is 3. The van der Waals surface area contributed by atoms with Gasteiger partial charge in [0, 0.05) is 23.4 Å². The third-order valence-electron chi connectivity index (χ3n) is 6.73. The van der Waals surface area contributed by atoms with E-state index in [0.29, 0.717) is 17.2 Å². The summed E-state index contributed by atoms with van der Waals surface area (Å²) in [6.45, 7) is 10.4. The number of nitro groups is 1. The summed E-state index contributed by atoms with van der Waals surface area (Å²) in [5.41, 5.74) is 3.32. The van der Waals surface area contributed by atoms with Crippen LogP contribution in [0.5, 0.6) is 0 Å². The van der Waals surface area contributed by atoms with Gasteiger partial charge in [-0.3, -0.25) is 24.6 Å². The lowest BCUT2D eigenvalue weighted by molar-refractivity contribution is -0.384. The van der Waals surface area contributed by atoms with Crippen molar-refractivity contribution in [3.63, 3.8) is 0 Å². The summed E-state index contributed by atoms with van der Waals surface area (Å²) >= 11 is 0. The van der Waals surface area contributed by atoms with Gasteiger partial charge in [-0.05, 0) is 52.3 Å². The first-order valence-corrected chi connectivity index (χ1v) is 12.2. The molecule has 7 heteroatoms. The molecule has 1 atom stereocenters. The van der Waals surface area contributed by atoms with Crippen LogP contribution in [-0.4, -0.2) is 21.7 Å². The van der Waals surface area contributed by atoms with Gasteiger partial charge in [0.25, 0.3) is 17.4 Å². The molecule has 0 saturated carbocycles. The molecule has 1 aliphatic rings. The smallest absolute Gasteiger partial charge is 0.300 e. The number of hydrogen-bond donors (Lipinski definition) is 1. The fourth-order valence-corrected chi connectivity index (χ4v) is 4.50. The number of carbonyl (C=O) groups excluding carboxylic acids is 2. The number of non-ortho nitro benzene ring substituents is 1. The molecule has 190 valence electrons. The number of hydrogen-bond acceptors (Lipinski definition) is 5. The third kappa shape index (κ3) is 4.89. The second-order valence-electron chi connectivity index (χ2n) is 10.6. The van der Waals surface area contributed by atoms with Crippen LogP contribution in [0.4, 0.5) is 11.4 Å². The van der Waals surface area contributed by atoms with Crippen molar-refractivity contribution >= 4 is 28.8 Å². The fraction of sp³-hybridized carbons (Fsp3) is 0.267. The van der Waals surface area contributed by atoms with E-state index in [1.165, 1.54) is 29.2 Å². The topological polar surface area (TPSA) is 101 Å². The average Bonchev–Trinajstić information content (AvgIpc) is 3.13. The second-order valence-corrected chi connectivity index (χ2v) is 10.6. The van der Waals surface area contributed by atoms with Crippen LogP contribution in [0, 0.1) is 10.1 Å². The van der Waals surface area contributed by atoms with Gasteiger partial charge in [0.2, 0.25) is 0 Å². The molecule has 7 nitrogen and oxygen atoms in total. The Morgan fingerprint density at radius 1 is 0.919 bits per heavy atom. The Hall–Kier alpha value is -4.26. The SMILES string of the molecule is CC(C)c1ccc(N2C(=O)C(=O)/C(=C(\O)c3ccc([N+](=O)[O-])cc3)C2c2ccc(C(C)(C)C)cc2)cc1. The summed E-state index contributed by atoms with van der Waals surface area (Å²) in [4.78, 5) is 38.6. The molecule has 0 aliphatic carbocycles. The third-order valence-corrected chi connectivity index (χ3v) is 6.73. The highest BCUT2D eigenvalue weighted by Gasteiger charge is 2.47. The van der Waals surface area contributed by atoms with Crippen molar-refractivity contribution < 1.29 is 19.6 Å². The average molecular weight is 499 g/mol. The van der Waals surface area contributed by atoms with Crippen molar-refractivity contribution in [2.75, 3.05) is 4.90 Å². The van der Waals surface area contributed by atoms with Gasteiger partial charge in [0.15, 0.2) is 0 Å². The van der Waals surface area contributed by atoms with Crippen LogP contribution in [0.15, 0.2) is 78.4 Å². The first kappa shape index (κ1) is 25.8. The van der Waals surface area contributed by atoms with E-state index in [1.54, 1.807) is 0 Å². The molecule has 1 saturated heterocycles. The number of ketones is 1. The number of nitrogens with zero attached hydrogens (tertiary/aromatic N) is 2. The van der Waals surface area contributed by atoms with Crippen LogP contribution in [-0.2, 0) is 15.0 Å². The van der Waals surface area contributed by atoms with E-state index in [1.807, 2.05) is 48.5 Å². The highest BCUT2D eigenvalue weighted by molar-refractivity contribution is 6.51. The Morgan fingerprint density at radius 2 is 1.49 bits per heavy atom. The standard InChI is InChI=1S/C30H30N2O5/c1-18(2)19-8-14-23(15-9-19)31-26(20-6-12-22(13-7-20)30(3,4)5)25(28(34)29(31)35)27(33)21-10-16-24(17-11-21)32(36)37/h6-18,26,33H,1-5H3/b27-25-. The number of nitro benzene ring substituents is 1. The highest BCUT2D eigenvalue weighted by atomic mass is 16.6. The van der Waals surface area contributed by atoms with Gasteiger partial charge in [-0.15, -0.1) is 0 Å². The van der Waals surface area contributed by atoms with Crippen molar-refractivity contribution in [1.82, 2.24) is 0 Å². The van der Waals surface area contributed by atoms with E-state index in [2.05, 4.69) is 34.6 Å². The molecule has 3 aromatic carbocycles. The molecule has 0 spiro atoms. The minimum absolute atomic E-state index is 0.0599. The summed E-state index contributed by atoms with van der Waals surface area (Å²) in [6.07, 6.45) is 0. The molecular formula is C30H30N2O5. The van der Waals surface area contributed by atoms with Crippen molar-refractivity contribution in [2.45, 2.75) is 52.0 Å². The van der Waals surface area contributed by atoms with Crippen LogP contribution >= 0.6 is 0 Å². The molecule has 4 rings (SSSR count). The van der Waals surface area contributed by atoms with Crippen molar-refractivity contribution in [3.05, 3.63) is 111 Å². The van der Waals surface area contributed by atoms with Crippen LogP contribution < -0.4 is 4.90 Å². The number of aliphatic hydroxyl groups is 1. The van der Waals surface area contributed by atoms with Crippen molar-refractivity contribution in [2.24, 2.45) is 0 Å². The molecule has 0 bridgehead atoms. The second kappa shape index (κ2) is 9.65. The molecular weight excluding hydrogens is 468 g/mol. The summed E-state index contributed by atoms with van der Waals surface area (Å²) < 4.78 is 0. The zero-order valence-corrected chi connectivity index (χ0v) is 21.6. The Morgan fingerprint density at radius 3 is 1.97 bits per heavy atom. The summed E-state index contributed by atoms with van der Waals surface area (Å²) in [6, 6.07) is 19.5. The van der Waals surface area contributed by atoms with Gasteiger partial charge >= 0.3 is 0 Å². The Bertz CT molecular complexity index is 1380. The predicted molar refractivity (Wildman–Crippen MR) is 144 cm³/mol. The number of Topliss-reactive ketones (excluding diaryl/α,β-unsaturated/α-hetero) is 1. The number of anilines is 1. The maximum absolute atomic E-state index is 13.4. The molecule has 1 unspecified atom stereocenters. The summed E-state index contributed by atoms with van der Waals surface area (Å²) in [7, 11) is 0. The Kier molecular flexibility index (Phi) is 6.74. The van der Waals surface area contributed by atoms with Crippen LogP contribution in [0.3, 0.4) is 0 Å². The quantitative estimate of drug-likeness (QED) is 0.140. The number of amides is 1. The first-order chi connectivity index (χ1) is 17.4. The number of carbonyl (C=O) groups is 2. The van der Waals surface area contributed by atoms with E-state index in [4.69, 9.17) is 0 Å². The Balaban J connectivity index is 1.89. The maximum Gasteiger partial charge on any atom is 0.300 e. The minimum atomic E-state index is -0.867. The van der Waals surface area contributed by atoms with Crippen molar-refractivity contribution in [1.29, 1.82) is 0 Å². The first-order valence-electron chi connectivity index (χ1n) is 12.2. The molecule has 1 amide bonds. The number of rotatable bonds is 5. The zero-order chi connectivity index (χ0) is 27.1. The molecule has 1 N–H and O–H groups in total. The van der Waals surface area contributed by atoms with Gasteiger partial charge in [-0.2, -0.15) is 0 Å². The highest BCUT2D eigenvalue weighted by Crippen LogP contribution is 2.43. The zero-order valence-electron chi connectivity index (χ0n) is 21.6. The monoisotopic (exact) mass is 498 g/mol. The lowest BCUT2D eigenvalue weighted by Crippen LogP contribution is -2.29. The fourth-order valence-electron chi connectivity index (χ4n) is 4.50. The maximum atomic E-state index is 13.4. The summed E-state index contributed by atoms with van der Waals surface area (Å²) in [5, 5.41) is 22.3. The van der Waals surface area contributed by atoms with E-state index < -0.39 is 22.7 Å². The van der Waals surface area contributed by atoms with Gasteiger partial charge < -0.3 is 5.11 Å². The molecule has 37 heavy (non-hydrogen) atoms. The molecule has 0 radical (unpaired) electrons. The van der Waals surface area contributed by atoms with Gasteiger partial charge in [0.05, 0.1) is 16.5 Å². The van der Waals surface area contributed by atoms with Gasteiger partial charge in [-0.25, -0.2) is 0 Å². The molecule has 1 fully saturated rings. The van der Waals surface area contributed by atoms with E-state index in [0.717, 1.165) is 11.1 Å². The van der Waals surface area contributed by atoms with Crippen molar-refractivity contribution in [3.8, 4) is 0 Å². The van der Waals surface area contributed by atoms with Crippen LogP contribution in [0.1, 0.15) is 68.8 Å². The molecule has 3 aromatic rings. The largest absolute Gasteiger partial charge is 0.507 e. The number of aliphatic hydroxyl groups excluding tert-OH is 1. The minimum Gasteiger partial charge on any atom is -0.507 e. The van der Waals surface area contributed by atoms with E-state index >= 15 is 0 Å². The van der Waals surface area contributed by atoms with Gasteiger partial charge in [-0.1, -0.05) is 71.0 Å².